The molecule has 0 radical (unpaired) electrons. The summed E-state index contributed by atoms with van der Waals surface area (Å²) in [6.07, 6.45) is 2.42. The summed E-state index contributed by atoms with van der Waals surface area (Å²) in [5, 5.41) is 10.8. The second kappa shape index (κ2) is 11.9. The number of ether oxygens (including phenoxy) is 2. The molecule has 1 aliphatic carbocycles. The van der Waals surface area contributed by atoms with E-state index in [4.69, 9.17) is 9.47 Å². The van der Waals surface area contributed by atoms with Crippen LogP contribution in [0.25, 0.3) is 22.2 Å². The molecule has 1 aromatic heterocycles. The molecule has 7 nitrogen and oxygen atoms in total. The number of halogens is 1. The smallest absolute Gasteiger partial charge is 0.335 e. The first-order valence-corrected chi connectivity index (χ1v) is 14.9. The Labute approximate surface area is 235 Å². The van der Waals surface area contributed by atoms with E-state index in [0.717, 1.165) is 105 Å². The number of aromatic carboxylic acids is 1. The van der Waals surface area contributed by atoms with Crippen LogP contribution in [0.4, 0.5) is 4.39 Å². The van der Waals surface area contributed by atoms with Gasteiger partial charge in [0.2, 0.25) is 0 Å². The number of morpholine rings is 1. The maximum absolute atomic E-state index is 15.6. The van der Waals surface area contributed by atoms with Crippen molar-refractivity contribution in [2.45, 2.75) is 57.8 Å². The van der Waals surface area contributed by atoms with Gasteiger partial charge in [-0.2, -0.15) is 0 Å². The topological polar surface area (TPSA) is 67.2 Å². The minimum absolute atomic E-state index is 0.195. The van der Waals surface area contributed by atoms with Gasteiger partial charge in [0.15, 0.2) is 0 Å². The Morgan fingerprint density at radius 1 is 1.02 bits per heavy atom. The summed E-state index contributed by atoms with van der Waals surface area (Å²) >= 11 is 0. The zero-order chi connectivity index (χ0) is 27.6. The first-order valence-electron chi connectivity index (χ1n) is 14.9. The predicted octanol–water partition coefficient (Wildman–Crippen LogP) is 5.55. The minimum atomic E-state index is -0.945. The van der Waals surface area contributed by atoms with Crippen LogP contribution in [-0.4, -0.2) is 84.2 Å². The van der Waals surface area contributed by atoms with E-state index in [2.05, 4.69) is 26.5 Å². The van der Waals surface area contributed by atoms with Gasteiger partial charge in [0.1, 0.15) is 11.9 Å². The SMILES string of the molecule is CCOc1ccc2c(c1)CN(CCN1CCOCC1)CCn1c-2c([C@@H]2CCCC[C@H]2F)c2ccc(C(=O)O)cc21. The van der Waals surface area contributed by atoms with Crippen molar-refractivity contribution in [2.75, 3.05) is 52.5 Å². The molecule has 2 aliphatic heterocycles. The number of hydrogen-bond acceptors (Lipinski definition) is 5. The van der Waals surface area contributed by atoms with Crippen molar-refractivity contribution in [1.29, 1.82) is 0 Å². The molecule has 3 heterocycles. The Bertz CT molecular complexity index is 1370. The molecular weight excluding hydrogens is 509 g/mol. The van der Waals surface area contributed by atoms with Gasteiger partial charge >= 0.3 is 5.97 Å². The fourth-order valence-electron chi connectivity index (χ4n) is 6.87. The quantitative estimate of drug-likeness (QED) is 0.417. The molecule has 1 N–H and O–H groups in total. The van der Waals surface area contributed by atoms with Crippen LogP contribution in [-0.2, 0) is 17.8 Å². The number of aromatic nitrogens is 1. The molecular formula is C32H40FN3O4. The normalized spacial score (nSPS) is 22.4. The molecule has 3 aromatic rings. The van der Waals surface area contributed by atoms with Crippen LogP contribution in [0.15, 0.2) is 36.4 Å². The Kier molecular flexibility index (Phi) is 8.10. The Balaban J connectivity index is 1.48. The van der Waals surface area contributed by atoms with Crippen LogP contribution in [0.3, 0.4) is 0 Å². The highest BCUT2D eigenvalue weighted by atomic mass is 19.1. The van der Waals surface area contributed by atoms with Gasteiger partial charge in [-0.1, -0.05) is 18.9 Å². The van der Waals surface area contributed by atoms with E-state index in [-0.39, 0.29) is 11.5 Å². The van der Waals surface area contributed by atoms with Gasteiger partial charge in [0, 0.05) is 68.2 Å². The monoisotopic (exact) mass is 549 g/mol. The summed E-state index contributed by atoms with van der Waals surface area (Å²) in [4.78, 5) is 16.9. The van der Waals surface area contributed by atoms with E-state index in [1.165, 1.54) is 5.56 Å². The average Bonchev–Trinajstić information content (AvgIpc) is 3.27. The molecule has 2 aromatic carbocycles. The number of nitrogens with zero attached hydrogens (tertiary/aromatic N) is 3. The van der Waals surface area contributed by atoms with E-state index in [0.29, 0.717) is 19.6 Å². The van der Waals surface area contributed by atoms with Crippen LogP contribution in [0.5, 0.6) is 5.75 Å². The number of benzene rings is 2. The number of hydrogen-bond donors (Lipinski definition) is 1. The average molecular weight is 550 g/mol. The number of carboxylic acid groups (broad SMARTS) is 1. The number of carbonyl (C=O) groups is 1. The Morgan fingerprint density at radius 2 is 1.82 bits per heavy atom. The van der Waals surface area contributed by atoms with Crippen molar-refractivity contribution in [2.24, 2.45) is 0 Å². The summed E-state index contributed by atoms with van der Waals surface area (Å²) in [7, 11) is 0. The van der Waals surface area contributed by atoms with Gasteiger partial charge < -0.3 is 19.1 Å². The third-order valence-electron chi connectivity index (χ3n) is 8.92. The van der Waals surface area contributed by atoms with Gasteiger partial charge in [0.25, 0.3) is 0 Å². The summed E-state index contributed by atoms with van der Waals surface area (Å²) in [6.45, 7) is 10.3. The Hall–Kier alpha value is -2.94. The van der Waals surface area contributed by atoms with Crippen LogP contribution >= 0.6 is 0 Å². The van der Waals surface area contributed by atoms with E-state index < -0.39 is 12.1 Å². The summed E-state index contributed by atoms with van der Waals surface area (Å²) < 4.78 is 29.4. The zero-order valence-corrected chi connectivity index (χ0v) is 23.4. The predicted molar refractivity (Wildman–Crippen MR) is 154 cm³/mol. The van der Waals surface area contributed by atoms with E-state index in [1.807, 2.05) is 19.1 Å². The second-order valence-electron chi connectivity index (χ2n) is 11.3. The molecule has 3 aliphatic rings. The van der Waals surface area contributed by atoms with Crippen LogP contribution in [0.1, 0.15) is 60.0 Å². The van der Waals surface area contributed by atoms with Crippen molar-refractivity contribution >= 4 is 16.9 Å². The highest BCUT2D eigenvalue weighted by Crippen LogP contribution is 2.47. The summed E-state index contributed by atoms with van der Waals surface area (Å²) in [5.41, 5.74) is 5.52. The lowest BCUT2D eigenvalue weighted by atomic mass is 9.80. The molecule has 1 saturated carbocycles. The van der Waals surface area contributed by atoms with E-state index in [9.17, 15) is 9.90 Å². The lowest BCUT2D eigenvalue weighted by Gasteiger charge is -2.33. The first-order chi connectivity index (χ1) is 19.5. The summed E-state index contributed by atoms with van der Waals surface area (Å²) in [5.74, 6) is -0.299. The van der Waals surface area contributed by atoms with Crippen molar-refractivity contribution in [3.8, 4) is 17.0 Å². The van der Waals surface area contributed by atoms with Crippen LogP contribution < -0.4 is 4.74 Å². The molecule has 0 unspecified atom stereocenters. The van der Waals surface area contributed by atoms with Crippen LogP contribution in [0, 0.1) is 0 Å². The molecule has 2 atom stereocenters. The van der Waals surface area contributed by atoms with Gasteiger partial charge in [-0.25, -0.2) is 9.18 Å². The molecule has 214 valence electrons. The van der Waals surface area contributed by atoms with Gasteiger partial charge in [0.05, 0.1) is 31.1 Å². The molecule has 0 bridgehead atoms. The highest BCUT2D eigenvalue weighted by molar-refractivity contribution is 5.98. The van der Waals surface area contributed by atoms with Gasteiger partial charge in [-0.15, -0.1) is 0 Å². The molecule has 6 rings (SSSR count). The number of carboxylic acids is 1. The maximum atomic E-state index is 15.6. The maximum Gasteiger partial charge on any atom is 0.335 e. The fourth-order valence-corrected chi connectivity index (χ4v) is 6.87. The molecule has 0 spiro atoms. The second-order valence-corrected chi connectivity index (χ2v) is 11.3. The molecule has 40 heavy (non-hydrogen) atoms. The standard InChI is InChI=1S/C32H40FN3O4/c1-2-40-24-8-10-25-23(19-24)21-35(12-11-34-15-17-39-18-16-34)13-14-36-29-20-22(32(37)38)7-9-27(29)30(31(25)36)26-5-3-4-6-28(26)33/h7-10,19-20,26,28H,2-6,11-18,21H2,1H3,(H,37,38)/t26-,28-/m1/s1. The number of fused-ring (bicyclic) bond motifs is 5. The lowest BCUT2D eigenvalue weighted by Crippen LogP contribution is -2.42. The summed E-state index contributed by atoms with van der Waals surface area (Å²) in [6, 6.07) is 11.7. The van der Waals surface area contributed by atoms with Gasteiger partial charge in [-0.05, 0) is 61.2 Å². The van der Waals surface area contributed by atoms with E-state index >= 15 is 4.39 Å². The van der Waals surface area contributed by atoms with Crippen LogP contribution in [0.2, 0.25) is 0 Å². The van der Waals surface area contributed by atoms with Gasteiger partial charge in [-0.3, -0.25) is 9.80 Å². The minimum Gasteiger partial charge on any atom is -0.494 e. The third kappa shape index (κ3) is 5.37. The van der Waals surface area contributed by atoms with Crippen molar-refractivity contribution in [3.63, 3.8) is 0 Å². The highest BCUT2D eigenvalue weighted by Gasteiger charge is 2.34. The molecule has 1 saturated heterocycles. The van der Waals surface area contributed by atoms with Crippen molar-refractivity contribution in [1.82, 2.24) is 14.4 Å². The van der Waals surface area contributed by atoms with E-state index in [1.54, 1.807) is 12.1 Å². The third-order valence-corrected chi connectivity index (χ3v) is 8.92. The largest absolute Gasteiger partial charge is 0.494 e. The lowest BCUT2D eigenvalue weighted by molar-refractivity contribution is 0.0327. The number of rotatable bonds is 7. The Morgan fingerprint density at radius 3 is 2.60 bits per heavy atom. The zero-order valence-electron chi connectivity index (χ0n) is 23.4. The molecule has 0 amide bonds. The first kappa shape index (κ1) is 27.2. The molecule has 8 heteroatoms. The number of alkyl halides is 1. The van der Waals surface area contributed by atoms with Crippen molar-refractivity contribution in [3.05, 3.63) is 53.1 Å². The molecule has 2 fully saturated rings. The van der Waals surface area contributed by atoms with Crippen molar-refractivity contribution < 1.29 is 23.8 Å². The fraction of sp³-hybridized carbons (Fsp3) is 0.531.